The van der Waals surface area contributed by atoms with E-state index in [0.29, 0.717) is 11.4 Å². The third-order valence-electron chi connectivity index (χ3n) is 3.16. The SMILES string of the molecule is CCC(C)(CC)Nc1cc(N)cc([N+](=O)[O-])c1. The summed E-state index contributed by atoms with van der Waals surface area (Å²) in [6, 6.07) is 4.59. The number of nitro benzene ring substituents is 1. The molecule has 0 amide bonds. The van der Waals surface area contributed by atoms with Gasteiger partial charge in [-0.05, 0) is 25.8 Å². The van der Waals surface area contributed by atoms with Crippen LogP contribution in [0.15, 0.2) is 18.2 Å². The van der Waals surface area contributed by atoms with E-state index in [1.54, 1.807) is 6.07 Å². The van der Waals surface area contributed by atoms with Crippen LogP contribution in [0.3, 0.4) is 0 Å². The molecular formula is C12H19N3O2. The summed E-state index contributed by atoms with van der Waals surface area (Å²) in [6.45, 7) is 6.25. The second kappa shape index (κ2) is 5.03. The van der Waals surface area contributed by atoms with E-state index < -0.39 is 4.92 Å². The summed E-state index contributed by atoms with van der Waals surface area (Å²) in [6.07, 6.45) is 1.87. The number of nitrogens with zero attached hydrogens (tertiary/aromatic N) is 1. The average molecular weight is 237 g/mol. The third-order valence-corrected chi connectivity index (χ3v) is 3.16. The van der Waals surface area contributed by atoms with Gasteiger partial charge in [-0.2, -0.15) is 0 Å². The highest BCUT2D eigenvalue weighted by molar-refractivity contribution is 5.62. The van der Waals surface area contributed by atoms with E-state index in [4.69, 9.17) is 5.73 Å². The highest BCUT2D eigenvalue weighted by Crippen LogP contribution is 2.27. The Kier molecular flexibility index (Phi) is 3.93. The summed E-state index contributed by atoms with van der Waals surface area (Å²) in [4.78, 5) is 10.3. The second-order valence-corrected chi connectivity index (χ2v) is 4.46. The van der Waals surface area contributed by atoms with Gasteiger partial charge in [-0.3, -0.25) is 10.1 Å². The molecule has 3 N–H and O–H groups in total. The van der Waals surface area contributed by atoms with Gasteiger partial charge in [-0.15, -0.1) is 0 Å². The van der Waals surface area contributed by atoms with Crippen molar-refractivity contribution >= 4 is 17.1 Å². The van der Waals surface area contributed by atoms with Crippen LogP contribution in [-0.2, 0) is 0 Å². The predicted molar refractivity (Wildman–Crippen MR) is 70.1 cm³/mol. The molecule has 0 atom stereocenters. The van der Waals surface area contributed by atoms with E-state index >= 15 is 0 Å². The van der Waals surface area contributed by atoms with Crippen LogP contribution in [0, 0.1) is 10.1 Å². The topological polar surface area (TPSA) is 81.2 Å². The molecule has 0 heterocycles. The fraction of sp³-hybridized carbons (Fsp3) is 0.500. The molecule has 0 radical (unpaired) electrons. The number of non-ortho nitro benzene ring substituents is 1. The standard InChI is InChI=1S/C12H19N3O2/c1-4-12(3,5-2)14-10-6-9(13)7-11(8-10)15(16)17/h6-8,14H,4-5,13H2,1-3H3. The molecule has 5 heteroatoms. The number of nitrogen functional groups attached to an aromatic ring is 1. The van der Waals surface area contributed by atoms with Crippen molar-refractivity contribution in [2.24, 2.45) is 0 Å². The van der Waals surface area contributed by atoms with Crippen molar-refractivity contribution in [1.29, 1.82) is 0 Å². The van der Waals surface area contributed by atoms with Gasteiger partial charge < -0.3 is 11.1 Å². The quantitative estimate of drug-likeness (QED) is 0.468. The minimum atomic E-state index is -0.434. The minimum absolute atomic E-state index is 0.0158. The lowest BCUT2D eigenvalue weighted by atomic mass is 9.95. The number of hydrogen-bond acceptors (Lipinski definition) is 4. The number of anilines is 2. The van der Waals surface area contributed by atoms with Gasteiger partial charge in [0, 0.05) is 29.0 Å². The van der Waals surface area contributed by atoms with E-state index in [1.165, 1.54) is 12.1 Å². The maximum absolute atomic E-state index is 10.7. The Bertz CT molecular complexity index is 414. The molecule has 0 saturated heterocycles. The molecular weight excluding hydrogens is 218 g/mol. The maximum atomic E-state index is 10.7. The molecule has 0 aromatic heterocycles. The van der Waals surface area contributed by atoms with Crippen molar-refractivity contribution in [1.82, 2.24) is 0 Å². The highest BCUT2D eigenvalue weighted by Gasteiger charge is 2.20. The van der Waals surface area contributed by atoms with Crippen LogP contribution >= 0.6 is 0 Å². The Balaban J connectivity index is 3.02. The van der Waals surface area contributed by atoms with Gasteiger partial charge in [-0.25, -0.2) is 0 Å². The van der Waals surface area contributed by atoms with Crippen LogP contribution < -0.4 is 11.1 Å². The zero-order valence-corrected chi connectivity index (χ0v) is 10.5. The van der Waals surface area contributed by atoms with Crippen molar-refractivity contribution in [3.8, 4) is 0 Å². The Labute approximate surface area is 101 Å². The molecule has 1 aromatic carbocycles. The monoisotopic (exact) mass is 237 g/mol. The van der Waals surface area contributed by atoms with Crippen molar-refractivity contribution in [3.05, 3.63) is 28.3 Å². The molecule has 0 aliphatic rings. The first kappa shape index (κ1) is 13.3. The van der Waals surface area contributed by atoms with Gasteiger partial charge in [0.2, 0.25) is 0 Å². The van der Waals surface area contributed by atoms with Gasteiger partial charge >= 0.3 is 0 Å². The van der Waals surface area contributed by atoms with Crippen molar-refractivity contribution in [2.75, 3.05) is 11.1 Å². The molecule has 0 unspecified atom stereocenters. The minimum Gasteiger partial charge on any atom is -0.398 e. The molecule has 5 nitrogen and oxygen atoms in total. The van der Waals surface area contributed by atoms with Gasteiger partial charge in [0.15, 0.2) is 0 Å². The summed E-state index contributed by atoms with van der Waals surface area (Å²) < 4.78 is 0. The summed E-state index contributed by atoms with van der Waals surface area (Å²) in [5, 5.41) is 14.0. The maximum Gasteiger partial charge on any atom is 0.273 e. The fourth-order valence-electron chi connectivity index (χ4n) is 1.59. The van der Waals surface area contributed by atoms with Crippen molar-refractivity contribution in [3.63, 3.8) is 0 Å². The van der Waals surface area contributed by atoms with E-state index in [-0.39, 0.29) is 11.2 Å². The summed E-state index contributed by atoms with van der Waals surface area (Å²) in [7, 11) is 0. The van der Waals surface area contributed by atoms with E-state index in [2.05, 4.69) is 26.1 Å². The molecule has 0 bridgehead atoms. The molecule has 17 heavy (non-hydrogen) atoms. The van der Waals surface area contributed by atoms with Gasteiger partial charge in [0.05, 0.1) is 4.92 Å². The van der Waals surface area contributed by atoms with Crippen LogP contribution in [0.5, 0.6) is 0 Å². The van der Waals surface area contributed by atoms with Gasteiger partial charge in [0.25, 0.3) is 5.69 Å². The first-order valence-corrected chi connectivity index (χ1v) is 5.73. The summed E-state index contributed by atoms with van der Waals surface area (Å²) >= 11 is 0. The Hall–Kier alpha value is -1.78. The predicted octanol–water partition coefficient (Wildman–Crippen LogP) is 3.17. The molecule has 0 aliphatic carbocycles. The molecule has 0 aliphatic heterocycles. The van der Waals surface area contributed by atoms with E-state index in [0.717, 1.165) is 12.8 Å². The number of hydrogen-bond donors (Lipinski definition) is 2. The van der Waals surface area contributed by atoms with Crippen LogP contribution in [0.25, 0.3) is 0 Å². The van der Waals surface area contributed by atoms with Crippen LogP contribution in [0.1, 0.15) is 33.6 Å². The van der Waals surface area contributed by atoms with Crippen LogP contribution in [0.2, 0.25) is 0 Å². The lowest BCUT2D eigenvalue weighted by molar-refractivity contribution is -0.384. The third kappa shape index (κ3) is 3.34. The van der Waals surface area contributed by atoms with Gasteiger partial charge in [-0.1, -0.05) is 13.8 Å². The molecule has 0 saturated carbocycles. The van der Waals surface area contributed by atoms with Crippen LogP contribution in [0.4, 0.5) is 17.1 Å². The van der Waals surface area contributed by atoms with Gasteiger partial charge in [0.1, 0.15) is 0 Å². The molecule has 1 rings (SSSR count). The smallest absolute Gasteiger partial charge is 0.273 e. The normalized spacial score (nSPS) is 11.2. The van der Waals surface area contributed by atoms with Crippen LogP contribution in [-0.4, -0.2) is 10.5 Å². The molecule has 94 valence electrons. The first-order valence-electron chi connectivity index (χ1n) is 5.73. The van der Waals surface area contributed by atoms with E-state index in [9.17, 15) is 10.1 Å². The second-order valence-electron chi connectivity index (χ2n) is 4.46. The van der Waals surface area contributed by atoms with Crippen molar-refractivity contribution in [2.45, 2.75) is 39.2 Å². The summed E-state index contributed by atoms with van der Waals surface area (Å²) in [5.41, 5.74) is 6.70. The first-order chi connectivity index (χ1) is 7.90. The number of benzene rings is 1. The Morgan fingerprint density at radius 3 is 2.41 bits per heavy atom. The molecule has 0 fully saturated rings. The van der Waals surface area contributed by atoms with Crippen molar-refractivity contribution < 1.29 is 4.92 Å². The summed E-state index contributed by atoms with van der Waals surface area (Å²) in [5.74, 6) is 0. The zero-order chi connectivity index (χ0) is 13.1. The Morgan fingerprint density at radius 2 is 1.94 bits per heavy atom. The molecule has 1 aromatic rings. The largest absolute Gasteiger partial charge is 0.398 e. The number of nitrogens with two attached hydrogens (primary N) is 1. The number of nitro groups is 1. The van der Waals surface area contributed by atoms with E-state index in [1.807, 2.05) is 0 Å². The number of rotatable bonds is 5. The lowest BCUT2D eigenvalue weighted by Crippen LogP contribution is -2.32. The fourth-order valence-corrected chi connectivity index (χ4v) is 1.59. The highest BCUT2D eigenvalue weighted by atomic mass is 16.6. The number of nitrogens with one attached hydrogen (secondary N) is 1. The Morgan fingerprint density at radius 1 is 1.35 bits per heavy atom. The zero-order valence-electron chi connectivity index (χ0n) is 10.5. The lowest BCUT2D eigenvalue weighted by Gasteiger charge is -2.29. The average Bonchev–Trinajstić information content (AvgIpc) is 2.28. The molecule has 0 spiro atoms.